The minimum absolute atomic E-state index is 0.0348. The van der Waals surface area contributed by atoms with Crippen LogP contribution in [0.1, 0.15) is 28.7 Å². The predicted molar refractivity (Wildman–Crippen MR) is 68.4 cm³/mol. The molecule has 6 heteroatoms. The number of carbonyl (C=O) groups is 1. The molecule has 19 heavy (non-hydrogen) atoms. The standard InChI is InChI=1S/C13H15N3O3/c1-19-13(18)10-11-9(17)3-2-6-16(11)12(15-10)8-4-5-14-7-8/h2-3,6,8,14,17H,4-5,7H2,1H3. The fraction of sp³-hybridized carbons (Fsp3) is 0.385. The first-order chi connectivity index (χ1) is 9.22. The van der Waals surface area contributed by atoms with Crippen molar-refractivity contribution in [3.8, 4) is 5.75 Å². The number of aromatic hydroxyl groups is 1. The van der Waals surface area contributed by atoms with E-state index in [0.717, 1.165) is 25.3 Å². The van der Waals surface area contributed by atoms with Gasteiger partial charge < -0.3 is 15.2 Å². The Hall–Kier alpha value is -2.08. The normalized spacial score (nSPS) is 18.9. The molecule has 2 N–H and O–H groups in total. The van der Waals surface area contributed by atoms with Crippen LogP contribution in [0.25, 0.3) is 5.52 Å². The Kier molecular flexibility index (Phi) is 2.87. The first-order valence-corrected chi connectivity index (χ1v) is 6.21. The maximum absolute atomic E-state index is 11.8. The van der Waals surface area contributed by atoms with Crippen molar-refractivity contribution in [2.24, 2.45) is 0 Å². The second-order valence-corrected chi connectivity index (χ2v) is 4.61. The van der Waals surface area contributed by atoms with E-state index in [1.807, 2.05) is 6.20 Å². The van der Waals surface area contributed by atoms with E-state index < -0.39 is 5.97 Å². The van der Waals surface area contributed by atoms with Crippen molar-refractivity contribution < 1.29 is 14.6 Å². The summed E-state index contributed by atoms with van der Waals surface area (Å²) in [4.78, 5) is 16.2. The Morgan fingerprint density at radius 3 is 3.16 bits per heavy atom. The largest absolute Gasteiger partial charge is 0.506 e. The number of methoxy groups -OCH3 is 1. The minimum atomic E-state index is -0.531. The lowest BCUT2D eigenvalue weighted by Gasteiger charge is -2.07. The zero-order valence-corrected chi connectivity index (χ0v) is 10.6. The summed E-state index contributed by atoms with van der Waals surface area (Å²) in [6, 6.07) is 3.27. The molecule has 1 aliphatic heterocycles. The van der Waals surface area contributed by atoms with E-state index in [9.17, 15) is 9.90 Å². The number of fused-ring (bicyclic) bond motifs is 1. The van der Waals surface area contributed by atoms with Crippen molar-refractivity contribution in [2.45, 2.75) is 12.3 Å². The van der Waals surface area contributed by atoms with E-state index in [-0.39, 0.29) is 17.4 Å². The molecule has 1 unspecified atom stereocenters. The molecule has 6 nitrogen and oxygen atoms in total. The van der Waals surface area contributed by atoms with Crippen molar-refractivity contribution in [3.63, 3.8) is 0 Å². The zero-order valence-electron chi connectivity index (χ0n) is 10.6. The van der Waals surface area contributed by atoms with Gasteiger partial charge in [-0.15, -0.1) is 0 Å². The molecule has 0 bridgehead atoms. The first kappa shape index (κ1) is 12.0. The van der Waals surface area contributed by atoms with E-state index >= 15 is 0 Å². The number of pyridine rings is 1. The molecule has 0 saturated carbocycles. The summed E-state index contributed by atoms with van der Waals surface area (Å²) in [5.74, 6) is 0.535. The fourth-order valence-electron chi connectivity index (χ4n) is 2.55. The molecule has 0 aliphatic carbocycles. The molecule has 1 atom stereocenters. The SMILES string of the molecule is COC(=O)c1nc(C2CCNC2)n2cccc(O)c12. The van der Waals surface area contributed by atoms with E-state index in [1.54, 1.807) is 16.5 Å². The van der Waals surface area contributed by atoms with Crippen LogP contribution in [0.15, 0.2) is 18.3 Å². The summed E-state index contributed by atoms with van der Waals surface area (Å²) in [6.45, 7) is 1.77. The average molecular weight is 261 g/mol. The molecule has 0 spiro atoms. The van der Waals surface area contributed by atoms with Crippen LogP contribution in [0.3, 0.4) is 0 Å². The van der Waals surface area contributed by atoms with Gasteiger partial charge in [0.1, 0.15) is 17.1 Å². The third-order valence-electron chi connectivity index (χ3n) is 3.47. The van der Waals surface area contributed by atoms with E-state index in [1.165, 1.54) is 7.11 Å². The number of rotatable bonds is 2. The van der Waals surface area contributed by atoms with Crippen LogP contribution in [-0.4, -0.2) is 40.7 Å². The van der Waals surface area contributed by atoms with Gasteiger partial charge in [0.25, 0.3) is 0 Å². The molecule has 0 amide bonds. The van der Waals surface area contributed by atoms with Crippen molar-refractivity contribution in [2.75, 3.05) is 20.2 Å². The van der Waals surface area contributed by atoms with Gasteiger partial charge in [-0.25, -0.2) is 9.78 Å². The lowest BCUT2D eigenvalue weighted by atomic mass is 10.1. The molecular weight excluding hydrogens is 246 g/mol. The lowest BCUT2D eigenvalue weighted by molar-refractivity contribution is 0.0596. The van der Waals surface area contributed by atoms with Crippen molar-refractivity contribution >= 4 is 11.5 Å². The second-order valence-electron chi connectivity index (χ2n) is 4.61. The molecule has 3 heterocycles. The number of nitrogens with one attached hydrogen (secondary N) is 1. The summed E-state index contributed by atoms with van der Waals surface area (Å²) in [6.07, 6.45) is 2.78. The van der Waals surface area contributed by atoms with Gasteiger partial charge in [-0.05, 0) is 25.1 Å². The van der Waals surface area contributed by atoms with Crippen LogP contribution >= 0.6 is 0 Å². The highest BCUT2D eigenvalue weighted by Gasteiger charge is 2.26. The van der Waals surface area contributed by atoms with Crippen molar-refractivity contribution in [1.29, 1.82) is 0 Å². The Labute approximate surface area is 110 Å². The van der Waals surface area contributed by atoms with E-state index in [4.69, 9.17) is 4.74 Å². The van der Waals surface area contributed by atoms with Gasteiger partial charge >= 0.3 is 5.97 Å². The van der Waals surface area contributed by atoms with E-state index in [2.05, 4.69) is 10.3 Å². The molecule has 2 aromatic heterocycles. The molecule has 3 rings (SSSR count). The third-order valence-corrected chi connectivity index (χ3v) is 3.47. The topological polar surface area (TPSA) is 75.9 Å². The molecular formula is C13H15N3O3. The lowest BCUT2D eigenvalue weighted by Crippen LogP contribution is -2.10. The Morgan fingerprint density at radius 1 is 1.63 bits per heavy atom. The number of hydrogen-bond donors (Lipinski definition) is 2. The van der Waals surface area contributed by atoms with Crippen LogP contribution in [0, 0.1) is 0 Å². The highest BCUT2D eigenvalue weighted by Crippen LogP contribution is 2.29. The number of hydrogen-bond acceptors (Lipinski definition) is 5. The van der Waals surface area contributed by atoms with Gasteiger partial charge in [-0.1, -0.05) is 0 Å². The van der Waals surface area contributed by atoms with Gasteiger partial charge in [-0.3, -0.25) is 4.40 Å². The number of aromatic nitrogens is 2. The molecule has 1 fully saturated rings. The molecule has 1 saturated heterocycles. The predicted octanol–water partition coefficient (Wildman–Crippen LogP) is 0.903. The highest BCUT2D eigenvalue weighted by molar-refractivity contribution is 5.97. The Balaban J connectivity index is 2.23. The molecule has 0 radical (unpaired) electrons. The van der Waals surface area contributed by atoms with Gasteiger partial charge in [0.15, 0.2) is 5.69 Å². The molecule has 0 aromatic carbocycles. The first-order valence-electron chi connectivity index (χ1n) is 6.21. The van der Waals surface area contributed by atoms with E-state index in [0.29, 0.717) is 5.52 Å². The summed E-state index contributed by atoms with van der Waals surface area (Å²) in [7, 11) is 1.31. The Bertz CT molecular complexity index is 629. The smallest absolute Gasteiger partial charge is 0.359 e. The Morgan fingerprint density at radius 2 is 2.47 bits per heavy atom. The van der Waals surface area contributed by atoms with Crippen molar-refractivity contribution in [1.82, 2.24) is 14.7 Å². The number of nitrogens with zero attached hydrogens (tertiary/aromatic N) is 2. The number of imidazole rings is 1. The third kappa shape index (κ3) is 1.84. The van der Waals surface area contributed by atoms with Gasteiger partial charge in [0, 0.05) is 18.7 Å². The number of ether oxygens (including phenoxy) is 1. The van der Waals surface area contributed by atoms with Crippen LogP contribution in [-0.2, 0) is 4.74 Å². The van der Waals surface area contributed by atoms with Crippen LogP contribution in [0.4, 0.5) is 0 Å². The highest BCUT2D eigenvalue weighted by atomic mass is 16.5. The van der Waals surface area contributed by atoms with Crippen LogP contribution < -0.4 is 5.32 Å². The molecule has 2 aromatic rings. The van der Waals surface area contributed by atoms with Crippen molar-refractivity contribution in [3.05, 3.63) is 29.8 Å². The maximum atomic E-state index is 11.8. The van der Waals surface area contributed by atoms with Gasteiger partial charge in [-0.2, -0.15) is 0 Å². The van der Waals surface area contributed by atoms with Crippen LogP contribution in [0.5, 0.6) is 5.75 Å². The molecule has 100 valence electrons. The van der Waals surface area contributed by atoms with Crippen LogP contribution in [0.2, 0.25) is 0 Å². The van der Waals surface area contributed by atoms with Gasteiger partial charge in [0.2, 0.25) is 0 Å². The minimum Gasteiger partial charge on any atom is -0.506 e. The number of esters is 1. The summed E-state index contributed by atoms with van der Waals surface area (Å²) in [5.41, 5.74) is 0.582. The summed E-state index contributed by atoms with van der Waals surface area (Å²) < 4.78 is 6.51. The number of carbonyl (C=O) groups excluding carboxylic acids is 1. The zero-order chi connectivity index (χ0) is 13.4. The average Bonchev–Trinajstić information content (AvgIpc) is 3.05. The van der Waals surface area contributed by atoms with Gasteiger partial charge in [0.05, 0.1) is 7.11 Å². The summed E-state index contributed by atoms with van der Waals surface area (Å²) >= 11 is 0. The second kappa shape index (κ2) is 4.55. The summed E-state index contributed by atoms with van der Waals surface area (Å²) in [5, 5.41) is 13.2. The molecule has 1 aliphatic rings. The fourth-order valence-corrected chi connectivity index (χ4v) is 2.55. The maximum Gasteiger partial charge on any atom is 0.359 e. The quantitative estimate of drug-likeness (QED) is 0.786. The monoisotopic (exact) mass is 261 g/mol.